The van der Waals surface area contributed by atoms with Crippen molar-refractivity contribution >= 4 is 11.8 Å². The number of piperazine rings is 1. The van der Waals surface area contributed by atoms with Crippen LogP contribution >= 0.6 is 0 Å². The molecule has 0 spiro atoms. The van der Waals surface area contributed by atoms with Crippen molar-refractivity contribution in [2.24, 2.45) is 0 Å². The van der Waals surface area contributed by atoms with Gasteiger partial charge in [-0.05, 0) is 36.8 Å². The van der Waals surface area contributed by atoms with Crippen molar-refractivity contribution in [2.75, 3.05) is 46.4 Å². The van der Waals surface area contributed by atoms with Gasteiger partial charge in [0.25, 0.3) is 0 Å². The number of nitrogens with one attached hydrogen (secondary N) is 4. The maximum Gasteiger partial charge on any atom is 0.309 e. The van der Waals surface area contributed by atoms with Crippen LogP contribution in [0.2, 0.25) is 0 Å². The quantitative estimate of drug-likeness (QED) is 0.381. The van der Waals surface area contributed by atoms with Crippen LogP contribution in [0, 0.1) is 0 Å². The van der Waals surface area contributed by atoms with Crippen molar-refractivity contribution in [1.82, 2.24) is 15.6 Å². The molecule has 3 rings (SSSR count). The molecular formula is C23H33N5O3+2. The van der Waals surface area contributed by atoms with E-state index in [1.165, 1.54) is 4.90 Å². The Morgan fingerprint density at radius 1 is 1.06 bits per heavy atom. The Morgan fingerprint density at radius 2 is 1.77 bits per heavy atom. The van der Waals surface area contributed by atoms with Gasteiger partial charge in [-0.3, -0.25) is 14.6 Å². The number of carbonyl (C=O) groups excluding carboxylic acids is 2. The molecule has 0 unspecified atom stereocenters. The third-order valence-corrected chi connectivity index (χ3v) is 5.96. The fraction of sp³-hybridized carbons (Fsp3) is 0.435. The maximum absolute atomic E-state index is 12.4. The minimum Gasteiger partial charge on any atom is -0.497 e. The van der Waals surface area contributed by atoms with Gasteiger partial charge in [-0.1, -0.05) is 12.1 Å². The van der Waals surface area contributed by atoms with Crippen molar-refractivity contribution in [3.8, 4) is 5.75 Å². The van der Waals surface area contributed by atoms with E-state index in [1.807, 2.05) is 42.6 Å². The number of hydrogen-bond acceptors (Lipinski definition) is 4. The Hall–Kier alpha value is -2.97. The fourth-order valence-corrected chi connectivity index (χ4v) is 3.99. The lowest BCUT2D eigenvalue weighted by molar-refractivity contribution is -1.03. The predicted molar refractivity (Wildman–Crippen MR) is 117 cm³/mol. The van der Waals surface area contributed by atoms with Gasteiger partial charge in [-0.2, -0.15) is 0 Å². The van der Waals surface area contributed by atoms with Gasteiger partial charge in [0.15, 0.2) is 0 Å². The number of aromatic nitrogens is 1. The Bertz CT molecular complexity index is 836. The first-order valence-electron chi connectivity index (χ1n) is 10.9. The number of amides is 2. The Balaban J connectivity index is 1.54. The van der Waals surface area contributed by atoms with Crippen LogP contribution in [0.4, 0.5) is 0 Å². The highest BCUT2D eigenvalue weighted by atomic mass is 16.5. The monoisotopic (exact) mass is 427 g/mol. The Morgan fingerprint density at radius 3 is 2.39 bits per heavy atom. The zero-order chi connectivity index (χ0) is 22.1. The first kappa shape index (κ1) is 22.7. The van der Waals surface area contributed by atoms with Crippen molar-refractivity contribution in [3.63, 3.8) is 0 Å². The summed E-state index contributed by atoms with van der Waals surface area (Å²) in [5.74, 6) is -0.492. The molecule has 4 N–H and O–H groups in total. The molecular weight excluding hydrogens is 394 g/mol. The number of ether oxygens (including phenoxy) is 1. The lowest BCUT2D eigenvalue weighted by Crippen LogP contribution is -3.28. The zero-order valence-corrected chi connectivity index (χ0v) is 18.3. The normalized spacial score (nSPS) is 19.3. The van der Waals surface area contributed by atoms with E-state index in [1.54, 1.807) is 18.2 Å². The number of pyridine rings is 1. The summed E-state index contributed by atoms with van der Waals surface area (Å²) in [5, 5.41) is 5.51. The molecule has 1 fully saturated rings. The van der Waals surface area contributed by atoms with Crippen LogP contribution in [0.15, 0.2) is 48.8 Å². The van der Waals surface area contributed by atoms with Crippen molar-refractivity contribution in [3.05, 3.63) is 59.9 Å². The molecule has 0 saturated carbocycles. The molecule has 8 heteroatoms. The minimum atomic E-state index is -0.629. The highest BCUT2D eigenvalue weighted by Gasteiger charge is 2.31. The van der Waals surface area contributed by atoms with E-state index in [-0.39, 0.29) is 12.6 Å². The van der Waals surface area contributed by atoms with Gasteiger partial charge in [0.05, 0.1) is 20.2 Å². The van der Waals surface area contributed by atoms with E-state index in [0.29, 0.717) is 6.54 Å². The molecule has 2 aromatic rings. The molecule has 2 amide bonds. The average molecular weight is 428 g/mol. The molecule has 166 valence electrons. The van der Waals surface area contributed by atoms with Crippen LogP contribution < -0.4 is 25.2 Å². The number of hydrogen-bond donors (Lipinski definition) is 4. The highest BCUT2D eigenvalue weighted by molar-refractivity contribution is 6.35. The summed E-state index contributed by atoms with van der Waals surface area (Å²) in [6, 6.07) is 11.4. The third-order valence-electron chi connectivity index (χ3n) is 5.96. The summed E-state index contributed by atoms with van der Waals surface area (Å²) in [4.78, 5) is 32.0. The van der Waals surface area contributed by atoms with Gasteiger partial charge in [-0.15, -0.1) is 0 Å². The third kappa shape index (κ3) is 6.50. The number of benzene rings is 1. The number of quaternary nitrogens is 2. The number of nitrogens with zero attached hydrogens (tertiary/aromatic N) is 1. The lowest BCUT2D eigenvalue weighted by atomic mass is 10.1. The lowest BCUT2D eigenvalue weighted by Gasteiger charge is -2.34. The van der Waals surface area contributed by atoms with Gasteiger partial charge in [0.2, 0.25) is 0 Å². The summed E-state index contributed by atoms with van der Waals surface area (Å²) in [6.07, 6.45) is 3.60. The maximum atomic E-state index is 12.4. The summed E-state index contributed by atoms with van der Waals surface area (Å²) in [7, 11) is 1.60. The second-order valence-corrected chi connectivity index (χ2v) is 7.84. The van der Waals surface area contributed by atoms with Crippen LogP contribution in [0.25, 0.3) is 0 Å². The SMILES string of the molecule is CC[NH+]1CC[NH+]([C@H](CNC(=O)C(=O)NCc2ccc(OC)cc2)c2cccnc2)CC1. The number of rotatable bonds is 8. The highest BCUT2D eigenvalue weighted by Crippen LogP contribution is 2.11. The fourth-order valence-electron chi connectivity index (χ4n) is 3.99. The Kier molecular flexibility index (Phi) is 8.37. The van der Waals surface area contributed by atoms with E-state index in [9.17, 15) is 9.59 Å². The molecule has 0 bridgehead atoms. The standard InChI is InChI=1S/C23H31N5O3/c1-3-27-11-13-28(14-12-27)21(19-5-4-10-24-16-19)17-26-23(30)22(29)25-15-18-6-8-20(31-2)9-7-18/h4-10,16,21H,3,11-15,17H2,1-2H3,(H,25,29)(H,26,30)/p+2/t21-/m1/s1. The number of likely N-dealkylation sites (N-methyl/N-ethyl adjacent to an activating group) is 1. The molecule has 1 aliphatic rings. The average Bonchev–Trinajstić information content (AvgIpc) is 2.83. The largest absolute Gasteiger partial charge is 0.497 e. The Labute approximate surface area is 183 Å². The van der Waals surface area contributed by atoms with Crippen LogP contribution in [0.1, 0.15) is 24.1 Å². The van der Waals surface area contributed by atoms with Gasteiger partial charge >= 0.3 is 11.8 Å². The smallest absolute Gasteiger partial charge is 0.309 e. The summed E-state index contributed by atoms with van der Waals surface area (Å²) >= 11 is 0. The first-order chi connectivity index (χ1) is 15.1. The predicted octanol–water partition coefficient (Wildman–Crippen LogP) is -1.63. The van der Waals surface area contributed by atoms with E-state index in [2.05, 4.69) is 22.5 Å². The van der Waals surface area contributed by atoms with E-state index in [4.69, 9.17) is 4.74 Å². The van der Waals surface area contributed by atoms with E-state index >= 15 is 0 Å². The molecule has 0 radical (unpaired) electrons. The van der Waals surface area contributed by atoms with Crippen molar-refractivity contribution < 1.29 is 24.1 Å². The summed E-state index contributed by atoms with van der Waals surface area (Å²) < 4.78 is 5.13. The molecule has 1 aliphatic heterocycles. The van der Waals surface area contributed by atoms with Gasteiger partial charge in [0, 0.05) is 24.5 Å². The van der Waals surface area contributed by atoms with E-state index in [0.717, 1.165) is 49.6 Å². The molecule has 8 nitrogen and oxygen atoms in total. The molecule has 1 saturated heterocycles. The molecule has 1 aromatic carbocycles. The minimum absolute atomic E-state index is 0.0745. The second kappa shape index (κ2) is 11.4. The molecule has 1 aromatic heterocycles. The van der Waals surface area contributed by atoms with Gasteiger partial charge in [-0.25, -0.2) is 0 Å². The molecule has 0 aliphatic carbocycles. The van der Waals surface area contributed by atoms with Gasteiger partial charge in [0.1, 0.15) is 38.0 Å². The van der Waals surface area contributed by atoms with Crippen LogP contribution in [0.5, 0.6) is 5.75 Å². The molecule has 2 heterocycles. The zero-order valence-electron chi connectivity index (χ0n) is 18.3. The van der Waals surface area contributed by atoms with Crippen LogP contribution in [-0.2, 0) is 16.1 Å². The van der Waals surface area contributed by atoms with Crippen LogP contribution in [-0.4, -0.2) is 63.2 Å². The summed E-state index contributed by atoms with van der Waals surface area (Å²) in [6.45, 7) is 8.31. The molecule has 31 heavy (non-hydrogen) atoms. The first-order valence-corrected chi connectivity index (χ1v) is 10.9. The number of carbonyl (C=O) groups is 2. The summed E-state index contributed by atoms with van der Waals surface area (Å²) in [5.41, 5.74) is 1.98. The number of methoxy groups -OCH3 is 1. The van der Waals surface area contributed by atoms with Crippen LogP contribution in [0.3, 0.4) is 0 Å². The second-order valence-electron chi connectivity index (χ2n) is 7.84. The molecule has 1 atom stereocenters. The topological polar surface area (TPSA) is 89.2 Å². The van der Waals surface area contributed by atoms with E-state index < -0.39 is 11.8 Å². The van der Waals surface area contributed by atoms with Crippen molar-refractivity contribution in [1.29, 1.82) is 0 Å². The van der Waals surface area contributed by atoms with Crippen molar-refractivity contribution in [2.45, 2.75) is 19.5 Å². The van der Waals surface area contributed by atoms with Gasteiger partial charge < -0.3 is 25.2 Å².